The number of carbonyl (C=O) groups excluding carboxylic acids is 2. The van der Waals surface area contributed by atoms with Gasteiger partial charge >= 0.3 is 0 Å². The molecule has 0 saturated carbocycles. The third-order valence-corrected chi connectivity index (χ3v) is 6.65. The molecule has 4 rings (SSSR count). The summed E-state index contributed by atoms with van der Waals surface area (Å²) < 4.78 is 0. The number of unbranched alkanes of at least 4 members (excludes halogenated alkanes) is 1. The van der Waals surface area contributed by atoms with Crippen LogP contribution in [-0.4, -0.2) is 35.8 Å². The number of carbonyl (C=O) groups is 2. The van der Waals surface area contributed by atoms with Crippen LogP contribution < -0.4 is 4.90 Å². The van der Waals surface area contributed by atoms with E-state index in [0.29, 0.717) is 23.7 Å². The number of fused-ring (bicyclic) bond motifs is 2. The van der Waals surface area contributed by atoms with Gasteiger partial charge in [0.1, 0.15) is 0 Å². The molecule has 0 N–H and O–H groups in total. The number of nitrogens with zero attached hydrogens (tertiary/aromatic N) is 2. The molecule has 27 heavy (non-hydrogen) atoms. The van der Waals surface area contributed by atoms with Crippen LogP contribution in [0.15, 0.2) is 24.3 Å². The maximum absolute atomic E-state index is 13.3. The summed E-state index contributed by atoms with van der Waals surface area (Å²) >= 11 is 0. The molecular weight excluding hydrogens is 336 g/mol. The van der Waals surface area contributed by atoms with Gasteiger partial charge in [0.25, 0.3) is 11.8 Å². The lowest BCUT2D eigenvalue weighted by molar-refractivity contribution is 0.0608. The fourth-order valence-electron chi connectivity index (χ4n) is 4.76. The van der Waals surface area contributed by atoms with Gasteiger partial charge in [0.2, 0.25) is 0 Å². The Morgan fingerprint density at radius 3 is 2.44 bits per heavy atom. The van der Waals surface area contributed by atoms with Crippen molar-refractivity contribution in [3.05, 3.63) is 41.0 Å². The van der Waals surface area contributed by atoms with E-state index in [-0.39, 0.29) is 17.2 Å². The largest absolute Gasteiger partial charge is 0.367 e. The van der Waals surface area contributed by atoms with Crippen molar-refractivity contribution in [1.82, 2.24) is 4.90 Å². The maximum atomic E-state index is 13.3. The highest BCUT2D eigenvalue weighted by molar-refractivity contribution is 6.27. The number of likely N-dealkylation sites (N-methyl/N-ethyl adjacent to an activating group) is 1. The normalized spacial score (nSPS) is 20.6. The first-order valence-electron chi connectivity index (χ1n) is 10.1. The molecule has 1 atom stereocenters. The Labute approximate surface area is 161 Å². The fourth-order valence-corrected chi connectivity index (χ4v) is 4.76. The van der Waals surface area contributed by atoms with Crippen molar-refractivity contribution >= 4 is 28.3 Å². The third-order valence-electron chi connectivity index (χ3n) is 6.65. The molecule has 0 spiro atoms. The third kappa shape index (κ3) is 2.28. The second-order valence-corrected chi connectivity index (χ2v) is 8.35. The zero-order valence-electron chi connectivity index (χ0n) is 16.9. The van der Waals surface area contributed by atoms with Gasteiger partial charge in [-0.2, -0.15) is 0 Å². The van der Waals surface area contributed by atoms with E-state index in [1.54, 1.807) is 0 Å². The van der Waals surface area contributed by atoms with Gasteiger partial charge in [-0.15, -0.1) is 0 Å². The quantitative estimate of drug-likeness (QED) is 0.736. The van der Waals surface area contributed by atoms with Gasteiger partial charge in [-0.25, -0.2) is 0 Å². The van der Waals surface area contributed by atoms with Gasteiger partial charge in [-0.1, -0.05) is 39.3 Å². The van der Waals surface area contributed by atoms with E-state index in [1.807, 2.05) is 12.1 Å². The van der Waals surface area contributed by atoms with Crippen molar-refractivity contribution < 1.29 is 9.59 Å². The summed E-state index contributed by atoms with van der Waals surface area (Å²) in [5, 5.41) is 1.87. The van der Waals surface area contributed by atoms with Gasteiger partial charge < -0.3 is 4.90 Å². The van der Waals surface area contributed by atoms with Crippen molar-refractivity contribution in [3.63, 3.8) is 0 Å². The number of benzene rings is 2. The van der Waals surface area contributed by atoms with E-state index < -0.39 is 0 Å². The lowest BCUT2D eigenvalue weighted by Gasteiger charge is -2.30. The highest BCUT2D eigenvalue weighted by atomic mass is 16.2. The lowest BCUT2D eigenvalue weighted by Crippen LogP contribution is -2.41. The van der Waals surface area contributed by atoms with Crippen LogP contribution >= 0.6 is 0 Å². The highest BCUT2D eigenvalue weighted by Crippen LogP contribution is 2.50. The summed E-state index contributed by atoms with van der Waals surface area (Å²) in [4.78, 5) is 30.2. The number of anilines is 1. The van der Waals surface area contributed by atoms with Crippen LogP contribution in [0.3, 0.4) is 0 Å². The molecule has 0 aliphatic carbocycles. The van der Waals surface area contributed by atoms with Crippen LogP contribution in [0, 0.1) is 0 Å². The Bertz CT molecular complexity index is 960. The van der Waals surface area contributed by atoms with Crippen molar-refractivity contribution in [2.24, 2.45) is 0 Å². The van der Waals surface area contributed by atoms with Crippen molar-refractivity contribution in [2.45, 2.75) is 58.9 Å². The average molecular weight is 364 g/mol. The molecule has 2 heterocycles. The second kappa shape index (κ2) is 6.08. The monoisotopic (exact) mass is 364 g/mol. The first kappa shape index (κ1) is 18.0. The highest BCUT2D eigenvalue weighted by Gasteiger charge is 2.44. The molecule has 142 valence electrons. The summed E-state index contributed by atoms with van der Waals surface area (Å²) in [7, 11) is 0. The minimum absolute atomic E-state index is 0.0535. The van der Waals surface area contributed by atoms with Gasteiger partial charge in [0.15, 0.2) is 0 Å². The van der Waals surface area contributed by atoms with E-state index in [0.717, 1.165) is 30.2 Å². The molecule has 0 saturated heterocycles. The van der Waals surface area contributed by atoms with Gasteiger partial charge in [0, 0.05) is 52.1 Å². The van der Waals surface area contributed by atoms with E-state index in [1.165, 1.54) is 16.2 Å². The molecule has 0 bridgehead atoms. The fraction of sp³-hybridized carbons (Fsp3) is 0.478. The predicted octanol–water partition coefficient (Wildman–Crippen LogP) is 4.74. The summed E-state index contributed by atoms with van der Waals surface area (Å²) in [5.74, 6) is -0.293. The Kier molecular flexibility index (Phi) is 4.06. The maximum Gasteiger partial charge on any atom is 0.261 e. The summed E-state index contributed by atoms with van der Waals surface area (Å²) in [6.45, 7) is 12.4. The second-order valence-electron chi connectivity index (χ2n) is 8.35. The first-order chi connectivity index (χ1) is 12.8. The standard InChI is InChI=1S/C23H28N2O2/c1-6-8-12-25-21(26)16-11-9-10-15-19(16)17(22(25)27)13-18-20(15)24(7-2)14(3)23(18,4)5/h9-11,13-14H,6-8,12H2,1-5H3. The number of rotatable bonds is 4. The van der Waals surface area contributed by atoms with Crippen LogP contribution in [0.1, 0.15) is 73.7 Å². The first-order valence-corrected chi connectivity index (χ1v) is 10.1. The minimum atomic E-state index is -0.153. The number of hydrogen-bond donors (Lipinski definition) is 0. The molecule has 0 aromatic heterocycles. The predicted molar refractivity (Wildman–Crippen MR) is 110 cm³/mol. The summed E-state index contributed by atoms with van der Waals surface area (Å²) in [6, 6.07) is 8.30. The molecule has 2 aromatic carbocycles. The average Bonchev–Trinajstić information content (AvgIpc) is 2.85. The molecule has 0 radical (unpaired) electrons. The molecule has 2 aromatic rings. The van der Waals surface area contributed by atoms with E-state index in [2.05, 4.69) is 51.7 Å². The Balaban J connectivity index is 2.03. The molecule has 2 aliphatic heterocycles. The number of hydrogen-bond acceptors (Lipinski definition) is 3. The summed E-state index contributed by atoms with van der Waals surface area (Å²) in [5.41, 5.74) is 3.71. The Morgan fingerprint density at radius 1 is 1.07 bits per heavy atom. The van der Waals surface area contributed by atoms with E-state index in [9.17, 15) is 9.59 Å². The lowest BCUT2D eigenvalue weighted by atomic mass is 9.79. The van der Waals surface area contributed by atoms with Gasteiger partial charge in [-0.3, -0.25) is 14.5 Å². The molecule has 1 unspecified atom stereocenters. The van der Waals surface area contributed by atoms with E-state index >= 15 is 0 Å². The van der Waals surface area contributed by atoms with Crippen LogP contribution in [-0.2, 0) is 5.41 Å². The molecular formula is C23H28N2O2. The molecule has 2 amide bonds. The van der Waals surface area contributed by atoms with Crippen molar-refractivity contribution in [3.8, 4) is 0 Å². The Hall–Kier alpha value is -2.36. The summed E-state index contributed by atoms with van der Waals surface area (Å²) in [6.07, 6.45) is 1.79. The number of amides is 2. The molecule has 2 aliphatic rings. The molecule has 0 fully saturated rings. The minimum Gasteiger partial charge on any atom is -0.367 e. The zero-order valence-corrected chi connectivity index (χ0v) is 16.9. The zero-order chi connectivity index (χ0) is 19.5. The smallest absolute Gasteiger partial charge is 0.261 e. The Morgan fingerprint density at radius 2 is 1.78 bits per heavy atom. The van der Waals surface area contributed by atoms with Crippen LogP contribution in [0.4, 0.5) is 5.69 Å². The van der Waals surface area contributed by atoms with Crippen molar-refractivity contribution in [1.29, 1.82) is 0 Å². The van der Waals surface area contributed by atoms with Crippen LogP contribution in [0.25, 0.3) is 10.8 Å². The SMILES string of the molecule is CCCCN1C(=O)c2cccc3c4c(cc(c23)C1=O)C(C)(C)C(C)N4CC. The van der Waals surface area contributed by atoms with Gasteiger partial charge in [0.05, 0.1) is 0 Å². The van der Waals surface area contributed by atoms with Gasteiger partial charge in [-0.05, 0) is 38.0 Å². The van der Waals surface area contributed by atoms with Crippen LogP contribution in [0.5, 0.6) is 0 Å². The topological polar surface area (TPSA) is 40.6 Å². The molecule has 4 nitrogen and oxygen atoms in total. The number of imide groups is 1. The van der Waals surface area contributed by atoms with Crippen LogP contribution in [0.2, 0.25) is 0 Å². The molecule has 4 heteroatoms. The van der Waals surface area contributed by atoms with E-state index in [4.69, 9.17) is 0 Å². The van der Waals surface area contributed by atoms with Crippen molar-refractivity contribution in [2.75, 3.05) is 18.0 Å².